The average molecular weight is 274 g/mol. The molecule has 0 aromatic rings. The summed E-state index contributed by atoms with van der Waals surface area (Å²) < 4.78 is 12.2. The van der Waals surface area contributed by atoms with Crippen LogP contribution in [-0.4, -0.2) is 49.6 Å². The number of nitrogens with zero attached hydrogens (tertiary/aromatic N) is 1. The van der Waals surface area contributed by atoms with Crippen LogP contribution in [0.5, 0.6) is 0 Å². The Morgan fingerprint density at radius 2 is 2.05 bits per heavy atom. The SMILES string of the molecule is CC[C@@H](CCN(C)C)C(O)N[C@@H](C)C/C(C)=C/CF. The number of hydrogen-bond donors (Lipinski definition) is 2. The highest BCUT2D eigenvalue weighted by atomic mass is 19.1. The second kappa shape index (κ2) is 10.4. The van der Waals surface area contributed by atoms with Crippen molar-refractivity contribution in [3.05, 3.63) is 11.6 Å². The van der Waals surface area contributed by atoms with Gasteiger partial charge in [0.2, 0.25) is 0 Å². The molecule has 1 unspecified atom stereocenters. The molecule has 0 spiro atoms. The maximum absolute atomic E-state index is 12.2. The smallest absolute Gasteiger partial charge is 0.108 e. The molecule has 19 heavy (non-hydrogen) atoms. The van der Waals surface area contributed by atoms with Gasteiger partial charge in [-0.05, 0) is 59.7 Å². The van der Waals surface area contributed by atoms with Crippen LogP contribution in [0, 0.1) is 5.92 Å². The van der Waals surface area contributed by atoms with E-state index in [0.29, 0.717) is 0 Å². The summed E-state index contributed by atoms with van der Waals surface area (Å²) in [6.07, 6.45) is 3.80. The van der Waals surface area contributed by atoms with Crippen molar-refractivity contribution in [3.63, 3.8) is 0 Å². The second-order valence-corrected chi connectivity index (χ2v) is 5.68. The predicted molar refractivity (Wildman–Crippen MR) is 79.9 cm³/mol. The van der Waals surface area contributed by atoms with Crippen molar-refractivity contribution in [1.29, 1.82) is 0 Å². The van der Waals surface area contributed by atoms with Gasteiger partial charge in [-0.25, -0.2) is 4.39 Å². The number of nitrogens with one attached hydrogen (secondary N) is 1. The third-order valence-electron chi connectivity index (χ3n) is 3.43. The highest BCUT2D eigenvalue weighted by Crippen LogP contribution is 2.14. The zero-order valence-corrected chi connectivity index (χ0v) is 13.1. The molecule has 0 rings (SSSR count). The Bertz CT molecular complexity index is 257. The first-order chi connectivity index (χ1) is 8.90. The summed E-state index contributed by atoms with van der Waals surface area (Å²) >= 11 is 0. The summed E-state index contributed by atoms with van der Waals surface area (Å²) in [6, 6.07) is 0.159. The van der Waals surface area contributed by atoms with Gasteiger partial charge >= 0.3 is 0 Å². The van der Waals surface area contributed by atoms with Gasteiger partial charge in [-0.3, -0.25) is 5.32 Å². The quantitative estimate of drug-likeness (QED) is 0.475. The van der Waals surface area contributed by atoms with Crippen molar-refractivity contribution in [2.75, 3.05) is 27.3 Å². The van der Waals surface area contributed by atoms with E-state index >= 15 is 0 Å². The standard InChI is InChI=1S/C15H31FN2O/c1-6-14(8-10-18(4)5)15(19)17-13(3)11-12(2)7-9-16/h7,13-15,17,19H,6,8-11H2,1-5H3/b12-7+/t13-,14-,15?/m0/s1. The largest absolute Gasteiger partial charge is 0.378 e. The van der Waals surface area contributed by atoms with Crippen LogP contribution in [-0.2, 0) is 0 Å². The maximum atomic E-state index is 12.2. The van der Waals surface area contributed by atoms with Crippen LogP contribution in [0.2, 0.25) is 0 Å². The Balaban J connectivity index is 4.16. The van der Waals surface area contributed by atoms with Gasteiger partial charge in [-0.2, -0.15) is 0 Å². The molecule has 3 atom stereocenters. The van der Waals surface area contributed by atoms with Crippen LogP contribution < -0.4 is 5.32 Å². The first-order valence-corrected chi connectivity index (χ1v) is 7.21. The fourth-order valence-electron chi connectivity index (χ4n) is 2.19. The third kappa shape index (κ3) is 9.14. The van der Waals surface area contributed by atoms with Gasteiger partial charge in [-0.1, -0.05) is 18.6 Å². The first-order valence-electron chi connectivity index (χ1n) is 7.21. The number of aliphatic hydroxyl groups is 1. The molecule has 2 N–H and O–H groups in total. The molecule has 0 heterocycles. The molecule has 0 aliphatic carbocycles. The van der Waals surface area contributed by atoms with Crippen molar-refractivity contribution in [1.82, 2.24) is 10.2 Å². The normalized spacial score (nSPS) is 17.6. The van der Waals surface area contributed by atoms with Gasteiger partial charge in [-0.15, -0.1) is 0 Å². The summed E-state index contributed by atoms with van der Waals surface area (Å²) in [7, 11) is 4.08. The van der Waals surface area contributed by atoms with Crippen molar-refractivity contribution < 1.29 is 9.50 Å². The Morgan fingerprint density at radius 3 is 2.53 bits per heavy atom. The molecule has 114 valence electrons. The van der Waals surface area contributed by atoms with E-state index in [9.17, 15) is 9.50 Å². The lowest BCUT2D eigenvalue weighted by Gasteiger charge is -2.27. The van der Waals surface area contributed by atoms with Crippen LogP contribution in [0.3, 0.4) is 0 Å². The van der Waals surface area contributed by atoms with Crippen LogP contribution in [0.25, 0.3) is 0 Å². The maximum Gasteiger partial charge on any atom is 0.108 e. The van der Waals surface area contributed by atoms with E-state index in [2.05, 4.69) is 17.1 Å². The first kappa shape index (κ1) is 18.6. The molecule has 0 saturated carbocycles. The molecule has 3 nitrogen and oxygen atoms in total. The van der Waals surface area contributed by atoms with E-state index in [0.717, 1.165) is 31.4 Å². The molecular formula is C15H31FN2O. The van der Waals surface area contributed by atoms with Crippen LogP contribution in [0.1, 0.15) is 40.0 Å². The fraction of sp³-hybridized carbons (Fsp3) is 0.867. The number of halogens is 1. The summed E-state index contributed by atoms with van der Waals surface area (Å²) in [5.74, 6) is 0.260. The molecule has 0 aliphatic rings. The van der Waals surface area contributed by atoms with Gasteiger partial charge in [0.25, 0.3) is 0 Å². The Kier molecular flexibility index (Phi) is 10.1. The van der Waals surface area contributed by atoms with Gasteiger partial charge in [0.1, 0.15) is 12.9 Å². The van der Waals surface area contributed by atoms with E-state index in [-0.39, 0.29) is 12.0 Å². The van der Waals surface area contributed by atoms with Crippen molar-refractivity contribution in [3.8, 4) is 0 Å². The van der Waals surface area contributed by atoms with Crippen molar-refractivity contribution >= 4 is 0 Å². The highest BCUT2D eigenvalue weighted by molar-refractivity contribution is 5.00. The van der Waals surface area contributed by atoms with Crippen molar-refractivity contribution in [2.45, 2.75) is 52.3 Å². The molecular weight excluding hydrogens is 243 g/mol. The Hall–Kier alpha value is -0.450. The Labute approximate surface area is 117 Å². The molecule has 4 heteroatoms. The summed E-state index contributed by atoms with van der Waals surface area (Å²) in [5, 5.41) is 13.4. The van der Waals surface area contributed by atoms with Gasteiger partial charge in [0.15, 0.2) is 0 Å². The third-order valence-corrected chi connectivity index (χ3v) is 3.43. The number of rotatable bonds is 10. The number of hydrogen-bond acceptors (Lipinski definition) is 3. The van der Waals surface area contributed by atoms with E-state index in [1.165, 1.54) is 0 Å². The average Bonchev–Trinajstić information content (AvgIpc) is 2.29. The lowest BCUT2D eigenvalue weighted by atomic mass is 9.99. The molecule has 0 saturated heterocycles. The molecule has 0 aliphatic heterocycles. The zero-order chi connectivity index (χ0) is 14.8. The van der Waals surface area contributed by atoms with Gasteiger partial charge in [0, 0.05) is 6.04 Å². The predicted octanol–water partition coefficient (Wildman–Crippen LogP) is 2.57. The molecule has 0 fully saturated rings. The molecule has 0 bridgehead atoms. The molecule has 0 radical (unpaired) electrons. The molecule has 0 aromatic heterocycles. The zero-order valence-electron chi connectivity index (χ0n) is 13.1. The van der Waals surface area contributed by atoms with Crippen LogP contribution in [0.15, 0.2) is 11.6 Å². The number of alkyl halides is 1. The lowest BCUT2D eigenvalue weighted by molar-refractivity contribution is 0.0551. The summed E-state index contributed by atoms with van der Waals surface area (Å²) in [4.78, 5) is 2.13. The lowest BCUT2D eigenvalue weighted by Crippen LogP contribution is -2.42. The minimum absolute atomic E-state index is 0.159. The fourth-order valence-corrected chi connectivity index (χ4v) is 2.19. The summed E-state index contributed by atoms with van der Waals surface area (Å²) in [5.41, 5.74) is 1.02. The minimum atomic E-state index is -0.488. The summed E-state index contributed by atoms with van der Waals surface area (Å²) in [6.45, 7) is 6.61. The van der Waals surface area contributed by atoms with E-state index in [4.69, 9.17) is 0 Å². The minimum Gasteiger partial charge on any atom is -0.378 e. The molecule has 0 aromatic carbocycles. The number of aliphatic hydroxyl groups excluding tert-OH is 1. The number of allylic oxidation sites excluding steroid dienone is 1. The van der Waals surface area contributed by atoms with Crippen LogP contribution in [0.4, 0.5) is 4.39 Å². The van der Waals surface area contributed by atoms with E-state index in [1.54, 1.807) is 6.08 Å². The van der Waals surface area contributed by atoms with Crippen LogP contribution >= 0.6 is 0 Å². The van der Waals surface area contributed by atoms with Crippen molar-refractivity contribution in [2.24, 2.45) is 5.92 Å². The monoisotopic (exact) mass is 274 g/mol. The Morgan fingerprint density at radius 1 is 1.42 bits per heavy atom. The van der Waals surface area contributed by atoms with Gasteiger partial charge in [0.05, 0.1) is 0 Å². The topological polar surface area (TPSA) is 35.5 Å². The van der Waals surface area contributed by atoms with Gasteiger partial charge < -0.3 is 10.0 Å². The van der Waals surface area contributed by atoms with E-state index in [1.807, 2.05) is 27.9 Å². The highest BCUT2D eigenvalue weighted by Gasteiger charge is 2.19. The second-order valence-electron chi connectivity index (χ2n) is 5.68. The molecule has 0 amide bonds. The van der Waals surface area contributed by atoms with E-state index < -0.39 is 12.9 Å².